The number of benzene rings is 1. The fourth-order valence-electron chi connectivity index (χ4n) is 1.69. The number of nitrogens with zero attached hydrogens (tertiary/aromatic N) is 2. The van der Waals surface area contributed by atoms with Gasteiger partial charge in [0.25, 0.3) is 0 Å². The van der Waals surface area contributed by atoms with E-state index in [1.54, 1.807) is 11.8 Å². The lowest BCUT2D eigenvalue weighted by molar-refractivity contribution is -0.574. The molecule has 4 heteroatoms. The molecule has 0 bridgehead atoms. The summed E-state index contributed by atoms with van der Waals surface area (Å²) in [5.74, 6) is 3.39. The quantitative estimate of drug-likeness (QED) is 0.520. The minimum atomic E-state index is 0.654. The van der Waals surface area contributed by atoms with Crippen LogP contribution < -0.4 is 4.57 Å². The SMILES string of the molecule is CCSC(=Nc1ccccc1)C(=C=N)[n+]1ccccc1. The summed E-state index contributed by atoms with van der Waals surface area (Å²) in [6, 6.07) is 15.6. The molecule has 20 heavy (non-hydrogen) atoms. The topological polar surface area (TPSA) is 40.1 Å². The Morgan fingerprint density at radius 3 is 2.40 bits per heavy atom. The number of hydrogen-bond donors (Lipinski definition) is 1. The molecule has 0 saturated heterocycles. The highest BCUT2D eigenvalue weighted by atomic mass is 32.2. The second-order valence-corrected chi connectivity index (χ2v) is 5.19. The molecule has 0 fully saturated rings. The summed E-state index contributed by atoms with van der Waals surface area (Å²) >= 11 is 1.61. The Morgan fingerprint density at radius 2 is 1.80 bits per heavy atom. The van der Waals surface area contributed by atoms with Crippen molar-refractivity contribution in [2.75, 3.05) is 5.75 Å². The molecule has 0 aliphatic carbocycles. The average molecular weight is 282 g/mol. The first-order chi connectivity index (χ1) is 9.85. The van der Waals surface area contributed by atoms with Crippen LogP contribution in [-0.4, -0.2) is 16.7 Å². The molecular formula is C16H16N3S+. The number of aromatic nitrogens is 1. The first kappa shape index (κ1) is 14.3. The second kappa shape index (κ2) is 7.43. The van der Waals surface area contributed by atoms with Crippen molar-refractivity contribution < 1.29 is 4.57 Å². The number of hydrogen-bond acceptors (Lipinski definition) is 3. The van der Waals surface area contributed by atoms with Crippen LogP contribution in [0.1, 0.15) is 6.92 Å². The van der Waals surface area contributed by atoms with Gasteiger partial charge >= 0.3 is 5.70 Å². The lowest BCUT2D eigenvalue weighted by atomic mass is 10.3. The van der Waals surface area contributed by atoms with E-state index in [9.17, 15) is 0 Å². The maximum atomic E-state index is 7.57. The fraction of sp³-hybridized carbons (Fsp3) is 0.125. The molecule has 0 amide bonds. The molecular weight excluding hydrogens is 266 g/mol. The van der Waals surface area contributed by atoms with Crippen LogP contribution in [0.5, 0.6) is 0 Å². The summed E-state index contributed by atoms with van der Waals surface area (Å²) in [6.45, 7) is 2.07. The third kappa shape index (κ3) is 3.67. The van der Waals surface area contributed by atoms with Gasteiger partial charge < -0.3 is 0 Å². The molecule has 0 atom stereocenters. The third-order valence-corrected chi connectivity index (χ3v) is 3.41. The Morgan fingerprint density at radius 1 is 1.15 bits per heavy atom. The first-order valence-corrected chi connectivity index (χ1v) is 7.37. The van der Waals surface area contributed by atoms with Gasteiger partial charge in [0.1, 0.15) is 0 Å². The highest BCUT2D eigenvalue weighted by Crippen LogP contribution is 2.18. The van der Waals surface area contributed by atoms with E-state index in [2.05, 4.69) is 17.8 Å². The molecule has 0 saturated carbocycles. The van der Waals surface area contributed by atoms with Crippen LogP contribution in [0.15, 0.2) is 65.9 Å². The number of aliphatic imine (C=N–C) groups is 1. The van der Waals surface area contributed by atoms with Crippen LogP contribution in [0.4, 0.5) is 5.69 Å². The van der Waals surface area contributed by atoms with Crippen molar-refractivity contribution in [2.24, 2.45) is 4.99 Å². The number of pyridine rings is 1. The van der Waals surface area contributed by atoms with Gasteiger partial charge in [-0.25, -0.2) is 4.99 Å². The van der Waals surface area contributed by atoms with E-state index in [4.69, 9.17) is 5.41 Å². The number of thioether (sulfide) groups is 1. The van der Waals surface area contributed by atoms with Gasteiger partial charge in [-0.15, -0.1) is 0 Å². The Hall–Kier alpha value is -2.16. The number of para-hydroxylation sites is 1. The predicted octanol–water partition coefficient (Wildman–Crippen LogP) is 3.55. The molecule has 1 N–H and O–H groups in total. The van der Waals surface area contributed by atoms with E-state index in [0.717, 1.165) is 16.5 Å². The number of rotatable bonds is 4. The largest absolute Gasteiger partial charge is 0.305 e. The fourth-order valence-corrected chi connectivity index (χ4v) is 2.42. The zero-order chi connectivity index (χ0) is 14.2. The van der Waals surface area contributed by atoms with Crippen LogP contribution in [0.3, 0.4) is 0 Å². The van der Waals surface area contributed by atoms with Crippen molar-refractivity contribution in [3.8, 4) is 0 Å². The van der Waals surface area contributed by atoms with Crippen molar-refractivity contribution >= 4 is 34.1 Å². The molecule has 0 spiro atoms. The van der Waals surface area contributed by atoms with Crippen LogP contribution in [-0.2, 0) is 0 Å². The van der Waals surface area contributed by atoms with Gasteiger partial charge in [-0.1, -0.05) is 43.0 Å². The standard InChI is InChI=1S/C16H16N3S/c1-2-20-16(18-14-9-5-3-6-10-14)15(13-17)19-11-7-4-8-12-19/h3-12,17H,2H2,1H3/q+1. The molecule has 100 valence electrons. The Balaban J connectivity index is 2.42. The zero-order valence-corrected chi connectivity index (χ0v) is 12.1. The van der Waals surface area contributed by atoms with Crippen molar-refractivity contribution in [3.63, 3.8) is 0 Å². The van der Waals surface area contributed by atoms with Crippen LogP contribution >= 0.6 is 11.8 Å². The maximum absolute atomic E-state index is 7.57. The summed E-state index contributed by atoms with van der Waals surface area (Å²) < 4.78 is 1.86. The second-order valence-electron chi connectivity index (χ2n) is 3.94. The van der Waals surface area contributed by atoms with Gasteiger partial charge in [0.05, 0.1) is 11.6 Å². The van der Waals surface area contributed by atoms with Gasteiger partial charge in [-0.3, -0.25) is 5.41 Å². The molecule has 3 nitrogen and oxygen atoms in total. The maximum Gasteiger partial charge on any atom is 0.305 e. The van der Waals surface area contributed by atoms with E-state index in [0.29, 0.717) is 5.70 Å². The van der Waals surface area contributed by atoms with E-state index < -0.39 is 0 Å². The van der Waals surface area contributed by atoms with Crippen LogP contribution in [0.2, 0.25) is 0 Å². The summed E-state index contributed by atoms with van der Waals surface area (Å²) in [6.07, 6.45) is 3.79. The molecule has 2 rings (SSSR count). The summed E-state index contributed by atoms with van der Waals surface area (Å²) in [7, 11) is 0. The molecule has 0 aliphatic heterocycles. The average Bonchev–Trinajstić information content (AvgIpc) is 2.50. The van der Waals surface area contributed by atoms with Crippen molar-refractivity contribution in [2.45, 2.75) is 6.92 Å². The minimum Gasteiger partial charge on any atom is -0.253 e. The smallest absolute Gasteiger partial charge is 0.253 e. The molecule has 1 heterocycles. The lowest BCUT2D eigenvalue weighted by Crippen LogP contribution is -2.35. The summed E-state index contributed by atoms with van der Waals surface area (Å²) in [5, 5.41) is 8.37. The summed E-state index contributed by atoms with van der Waals surface area (Å²) in [4.78, 5) is 4.64. The van der Waals surface area contributed by atoms with E-state index in [-0.39, 0.29) is 0 Å². The van der Waals surface area contributed by atoms with Gasteiger partial charge in [0.2, 0.25) is 0 Å². The molecule has 0 unspecified atom stereocenters. The highest BCUT2D eigenvalue weighted by molar-refractivity contribution is 8.15. The van der Waals surface area contributed by atoms with Crippen molar-refractivity contribution in [3.05, 3.63) is 60.9 Å². The molecule has 1 aromatic heterocycles. The molecule has 0 radical (unpaired) electrons. The molecule has 2 aromatic rings. The van der Waals surface area contributed by atoms with Crippen molar-refractivity contribution in [1.82, 2.24) is 0 Å². The van der Waals surface area contributed by atoms with Gasteiger partial charge in [-0.2, -0.15) is 4.57 Å². The first-order valence-electron chi connectivity index (χ1n) is 6.38. The normalized spacial score (nSPS) is 10.9. The van der Waals surface area contributed by atoms with Gasteiger partial charge in [0, 0.05) is 12.1 Å². The predicted molar refractivity (Wildman–Crippen MR) is 85.7 cm³/mol. The zero-order valence-electron chi connectivity index (χ0n) is 11.3. The van der Waals surface area contributed by atoms with E-state index >= 15 is 0 Å². The van der Waals surface area contributed by atoms with Crippen LogP contribution in [0.25, 0.3) is 5.70 Å². The Bertz CT molecular complexity index is 629. The Labute approximate surface area is 123 Å². The minimum absolute atomic E-state index is 0.654. The number of nitrogens with one attached hydrogen (secondary N) is 1. The summed E-state index contributed by atoms with van der Waals surface area (Å²) in [5.41, 5.74) is 1.54. The van der Waals surface area contributed by atoms with E-state index in [1.807, 2.05) is 65.5 Å². The molecule has 1 aromatic carbocycles. The van der Waals surface area contributed by atoms with E-state index in [1.165, 1.54) is 0 Å². The lowest BCUT2D eigenvalue weighted by Gasteiger charge is -2.02. The highest BCUT2D eigenvalue weighted by Gasteiger charge is 2.17. The third-order valence-electron chi connectivity index (χ3n) is 2.56. The van der Waals surface area contributed by atoms with Gasteiger partial charge in [-0.05, 0) is 17.9 Å². The van der Waals surface area contributed by atoms with Crippen molar-refractivity contribution in [1.29, 1.82) is 5.41 Å². The van der Waals surface area contributed by atoms with Gasteiger partial charge in [0.15, 0.2) is 17.4 Å². The Kier molecular flexibility index (Phi) is 5.30. The molecule has 0 aliphatic rings. The van der Waals surface area contributed by atoms with Crippen LogP contribution in [0, 0.1) is 5.41 Å². The monoisotopic (exact) mass is 282 g/mol.